The van der Waals surface area contributed by atoms with E-state index in [9.17, 15) is 13.6 Å². The van der Waals surface area contributed by atoms with Gasteiger partial charge in [-0.05, 0) is 18.9 Å². The highest BCUT2D eigenvalue weighted by molar-refractivity contribution is 8.14. The number of ether oxygens (including phenoxy) is 1. The van der Waals surface area contributed by atoms with Crippen LogP contribution in [0.15, 0.2) is 23.2 Å². The Kier molecular flexibility index (Phi) is 4.44. The first-order valence-electron chi connectivity index (χ1n) is 7.14. The van der Waals surface area contributed by atoms with Gasteiger partial charge in [0.15, 0.2) is 5.17 Å². The number of amidine groups is 1. The number of halogens is 2. The Morgan fingerprint density at radius 2 is 2.09 bits per heavy atom. The van der Waals surface area contributed by atoms with E-state index in [1.165, 1.54) is 23.9 Å². The normalized spacial score (nSPS) is 20.5. The maximum absolute atomic E-state index is 14.3. The van der Waals surface area contributed by atoms with E-state index in [1.54, 1.807) is 0 Å². The van der Waals surface area contributed by atoms with Gasteiger partial charge in [-0.3, -0.25) is 9.79 Å². The average molecular weight is 326 g/mol. The van der Waals surface area contributed by atoms with Crippen LogP contribution >= 0.6 is 11.8 Å². The average Bonchev–Trinajstić information content (AvgIpc) is 3.01. The lowest BCUT2D eigenvalue weighted by atomic mass is 9.73. The molecule has 0 bridgehead atoms. The van der Waals surface area contributed by atoms with Crippen LogP contribution in [0.4, 0.5) is 8.78 Å². The smallest absolute Gasteiger partial charge is 0.236 e. The van der Waals surface area contributed by atoms with E-state index >= 15 is 0 Å². The first kappa shape index (κ1) is 15.4. The molecule has 0 atom stereocenters. The quantitative estimate of drug-likeness (QED) is 0.907. The van der Waals surface area contributed by atoms with E-state index in [4.69, 9.17) is 4.74 Å². The zero-order chi connectivity index (χ0) is 15.6. The summed E-state index contributed by atoms with van der Waals surface area (Å²) in [4.78, 5) is 17.0. The summed E-state index contributed by atoms with van der Waals surface area (Å²) >= 11 is 1.47. The van der Waals surface area contributed by atoms with Gasteiger partial charge < -0.3 is 10.1 Å². The van der Waals surface area contributed by atoms with Crippen molar-refractivity contribution in [2.75, 3.05) is 25.5 Å². The number of hydrogen-bond acceptors (Lipinski definition) is 4. The lowest BCUT2D eigenvalue weighted by Gasteiger charge is -2.36. The summed E-state index contributed by atoms with van der Waals surface area (Å²) in [5.74, 6) is -0.816. The molecule has 0 unspecified atom stereocenters. The number of amides is 1. The largest absolute Gasteiger partial charge is 0.381 e. The van der Waals surface area contributed by atoms with Crippen LogP contribution in [0.5, 0.6) is 0 Å². The molecule has 118 valence electrons. The van der Waals surface area contributed by atoms with Crippen molar-refractivity contribution in [2.24, 2.45) is 4.99 Å². The van der Waals surface area contributed by atoms with Crippen LogP contribution in [0.1, 0.15) is 18.4 Å². The maximum atomic E-state index is 14.3. The molecule has 0 spiro atoms. The van der Waals surface area contributed by atoms with Crippen molar-refractivity contribution in [1.29, 1.82) is 0 Å². The Hall–Kier alpha value is -1.47. The summed E-state index contributed by atoms with van der Waals surface area (Å²) in [5.41, 5.74) is -0.819. The molecule has 1 fully saturated rings. The summed E-state index contributed by atoms with van der Waals surface area (Å²) in [5, 5.41) is 3.36. The van der Waals surface area contributed by atoms with Crippen LogP contribution in [-0.2, 0) is 14.9 Å². The van der Waals surface area contributed by atoms with Gasteiger partial charge in [-0.1, -0.05) is 17.8 Å². The first-order valence-corrected chi connectivity index (χ1v) is 8.12. The number of carbonyl (C=O) groups is 1. The van der Waals surface area contributed by atoms with Crippen LogP contribution in [0.25, 0.3) is 0 Å². The number of rotatable bonds is 2. The van der Waals surface area contributed by atoms with E-state index in [0.717, 1.165) is 11.8 Å². The minimum Gasteiger partial charge on any atom is -0.381 e. The molecule has 1 aromatic carbocycles. The Morgan fingerprint density at radius 1 is 1.32 bits per heavy atom. The molecule has 3 rings (SSSR count). The highest BCUT2D eigenvalue weighted by atomic mass is 32.2. The van der Waals surface area contributed by atoms with Gasteiger partial charge in [-0.15, -0.1) is 0 Å². The second-order valence-electron chi connectivity index (χ2n) is 5.31. The van der Waals surface area contributed by atoms with Gasteiger partial charge >= 0.3 is 0 Å². The van der Waals surface area contributed by atoms with Crippen molar-refractivity contribution in [2.45, 2.75) is 18.3 Å². The SMILES string of the molecule is O=C(NC1=NCCS1)C1(c2ccc(F)cc2F)CCOCC1. The van der Waals surface area contributed by atoms with E-state index in [-0.39, 0.29) is 11.5 Å². The van der Waals surface area contributed by atoms with Crippen molar-refractivity contribution in [3.63, 3.8) is 0 Å². The third-order valence-corrected chi connectivity index (χ3v) is 4.92. The van der Waals surface area contributed by atoms with Gasteiger partial charge in [-0.25, -0.2) is 8.78 Å². The fourth-order valence-electron chi connectivity index (χ4n) is 2.84. The molecule has 1 amide bonds. The number of aliphatic imine (C=N–C) groups is 1. The van der Waals surface area contributed by atoms with Gasteiger partial charge in [0.2, 0.25) is 5.91 Å². The van der Waals surface area contributed by atoms with Crippen molar-refractivity contribution < 1.29 is 18.3 Å². The zero-order valence-electron chi connectivity index (χ0n) is 11.9. The standard InChI is InChI=1S/C15H16F2N2O2S/c16-10-1-2-11(12(17)9-10)15(3-6-21-7-4-15)13(20)19-14-18-5-8-22-14/h1-2,9H,3-8H2,(H,18,19,20). The van der Waals surface area contributed by atoms with E-state index < -0.39 is 17.0 Å². The molecule has 22 heavy (non-hydrogen) atoms. The Labute approximate surface area is 131 Å². The van der Waals surface area contributed by atoms with E-state index in [1.807, 2.05) is 0 Å². The molecule has 1 aromatic rings. The van der Waals surface area contributed by atoms with Gasteiger partial charge in [0.05, 0.1) is 12.0 Å². The molecule has 0 radical (unpaired) electrons. The molecule has 2 aliphatic rings. The minimum absolute atomic E-state index is 0.221. The van der Waals surface area contributed by atoms with Crippen LogP contribution < -0.4 is 5.32 Å². The third kappa shape index (κ3) is 2.87. The summed E-state index contributed by atoms with van der Waals surface area (Å²) < 4.78 is 32.8. The van der Waals surface area contributed by atoms with Crippen molar-refractivity contribution in [1.82, 2.24) is 5.32 Å². The predicted molar refractivity (Wildman–Crippen MR) is 81.0 cm³/mol. The molecular weight excluding hydrogens is 310 g/mol. The van der Waals surface area contributed by atoms with Gasteiger partial charge in [0, 0.05) is 30.6 Å². The van der Waals surface area contributed by atoms with Gasteiger partial charge in [0.25, 0.3) is 0 Å². The monoisotopic (exact) mass is 326 g/mol. The molecule has 1 saturated heterocycles. The van der Waals surface area contributed by atoms with E-state index in [0.29, 0.717) is 37.8 Å². The predicted octanol–water partition coefficient (Wildman–Crippen LogP) is 2.23. The Bertz CT molecular complexity index is 616. The topological polar surface area (TPSA) is 50.7 Å². The number of hydrogen-bond donors (Lipinski definition) is 1. The molecule has 0 aliphatic carbocycles. The lowest BCUT2D eigenvalue weighted by Crippen LogP contribution is -2.49. The maximum Gasteiger partial charge on any atom is 0.236 e. The van der Waals surface area contributed by atoms with Crippen molar-refractivity contribution >= 4 is 22.8 Å². The number of nitrogens with one attached hydrogen (secondary N) is 1. The molecule has 0 aromatic heterocycles. The minimum atomic E-state index is -1.04. The molecule has 7 heteroatoms. The molecule has 4 nitrogen and oxygen atoms in total. The number of thioether (sulfide) groups is 1. The summed E-state index contributed by atoms with van der Waals surface area (Å²) in [6.07, 6.45) is 0.721. The Balaban J connectivity index is 1.94. The number of nitrogens with zero attached hydrogens (tertiary/aromatic N) is 1. The summed E-state index contributed by atoms with van der Waals surface area (Å²) in [6, 6.07) is 3.37. The van der Waals surface area contributed by atoms with Crippen LogP contribution in [-0.4, -0.2) is 36.6 Å². The van der Waals surface area contributed by atoms with Crippen molar-refractivity contribution in [3.05, 3.63) is 35.4 Å². The summed E-state index contributed by atoms with van der Waals surface area (Å²) in [7, 11) is 0. The fourth-order valence-corrected chi connectivity index (χ4v) is 3.57. The summed E-state index contributed by atoms with van der Waals surface area (Å²) in [6.45, 7) is 1.40. The third-order valence-electron chi connectivity index (χ3n) is 4.03. The van der Waals surface area contributed by atoms with Crippen LogP contribution in [0.3, 0.4) is 0 Å². The fraction of sp³-hybridized carbons (Fsp3) is 0.467. The molecule has 0 saturated carbocycles. The Morgan fingerprint density at radius 3 is 2.73 bits per heavy atom. The highest BCUT2D eigenvalue weighted by Crippen LogP contribution is 2.37. The van der Waals surface area contributed by atoms with Gasteiger partial charge in [0.1, 0.15) is 11.6 Å². The molecule has 2 aliphatic heterocycles. The molecule has 2 heterocycles. The zero-order valence-corrected chi connectivity index (χ0v) is 12.7. The number of benzene rings is 1. The van der Waals surface area contributed by atoms with Crippen molar-refractivity contribution in [3.8, 4) is 0 Å². The molecule has 1 N–H and O–H groups in total. The number of carbonyl (C=O) groups excluding carboxylic acids is 1. The highest BCUT2D eigenvalue weighted by Gasteiger charge is 2.44. The van der Waals surface area contributed by atoms with Crippen LogP contribution in [0, 0.1) is 11.6 Å². The first-order chi connectivity index (χ1) is 10.6. The second-order valence-corrected chi connectivity index (χ2v) is 6.39. The lowest BCUT2D eigenvalue weighted by molar-refractivity contribution is -0.129. The van der Waals surface area contributed by atoms with E-state index in [2.05, 4.69) is 10.3 Å². The van der Waals surface area contributed by atoms with Gasteiger partial charge in [-0.2, -0.15) is 0 Å². The molecular formula is C15H16F2N2O2S. The second kappa shape index (κ2) is 6.34. The van der Waals surface area contributed by atoms with Crippen LogP contribution in [0.2, 0.25) is 0 Å².